The van der Waals surface area contributed by atoms with Crippen molar-refractivity contribution in [1.82, 2.24) is 0 Å². The van der Waals surface area contributed by atoms with Crippen molar-refractivity contribution in [2.45, 2.75) is 51.1 Å². The second-order valence-corrected chi connectivity index (χ2v) is 4.20. The highest BCUT2D eigenvalue weighted by atomic mass is 35.5. The van der Waals surface area contributed by atoms with E-state index in [9.17, 15) is 9.59 Å². The van der Waals surface area contributed by atoms with E-state index < -0.39 is 35.8 Å². The maximum absolute atomic E-state index is 10.9. The van der Waals surface area contributed by atoms with Gasteiger partial charge in [0.15, 0.2) is 6.10 Å². The van der Waals surface area contributed by atoms with Crippen LogP contribution in [-0.2, 0) is 23.8 Å². The smallest absolute Gasteiger partial charge is 0.303 e. The summed E-state index contributed by atoms with van der Waals surface area (Å²) in [6.45, 7) is 4.32. The number of alkyl halides is 1. The SMILES string of the molecule is CC(=O)O[C@H]1[C@@H](C)O[C@H](Cl)C[C@H]1OC(C)=O. The van der Waals surface area contributed by atoms with Crippen LogP contribution in [0.4, 0.5) is 0 Å². The second-order valence-electron chi connectivity index (χ2n) is 3.71. The van der Waals surface area contributed by atoms with Crippen LogP contribution in [0, 0.1) is 0 Å². The molecule has 6 heteroatoms. The van der Waals surface area contributed by atoms with Crippen molar-refractivity contribution in [3.63, 3.8) is 0 Å². The van der Waals surface area contributed by atoms with Crippen LogP contribution in [0.25, 0.3) is 0 Å². The molecule has 0 amide bonds. The van der Waals surface area contributed by atoms with Gasteiger partial charge in [0.1, 0.15) is 11.7 Å². The molecule has 1 saturated heterocycles. The zero-order chi connectivity index (χ0) is 12.3. The first-order valence-electron chi connectivity index (χ1n) is 5.04. The Morgan fingerprint density at radius 1 is 1.25 bits per heavy atom. The maximum atomic E-state index is 10.9. The number of halogens is 1. The third kappa shape index (κ3) is 3.64. The van der Waals surface area contributed by atoms with Crippen LogP contribution in [0.2, 0.25) is 0 Å². The average molecular weight is 251 g/mol. The Morgan fingerprint density at radius 2 is 1.81 bits per heavy atom. The molecule has 5 nitrogen and oxygen atoms in total. The fourth-order valence-corrected chi connectivity index (χ4v) is 2.01. The van der Waals surface area contributed by atoms with Crippen molar-refractivity contribution in [2.75, 3.05) is 0 Å². The Balaban J connectivity index is 2.71. The molecule has 4 atom stereocenters. The molecule has 1 fully saturated rings. The van der Waals surface area contributed by atoms with Gasteiger partial charge in [0.25, 0.3) is 0 Å². The normalized spacial score (nSPS) is 34.2. The number of rotatable bonds is 2. The molecule has 0 aliphatic carbocycles. The fourth-order valence-electron chi connectivity index (χ4n) is 1.68. The van der Waals surface area contributed by atoms with Gasteiger partial charge in [-0.3, -0.25) is 9.59 Å². The van der Waals surface area contributed by atoms with E-state index in [0.717, 1.165) is 0 Å². The topological polar surface area (TPSA) is 61.8 Å². The number of hydrogen-bond donors (Lipinski definition) is 0. The first kappa shape index (κ1) is 13.3. The monoisotopic (exact) mass is 250 g/mol. The Morgan fingerprint density at radius 3 is 2.31 bits per heavy atom. The van der Waals surface area contributed by atoms with Gasteiger partial charge < -0.3 is 14.2 Å². The molecule has 0 aromatic heterocycles. The Labute approximate surface area is 99.0 Å². The molecule has 92 valence electrons. The predicted octanol–water partition coefficient (Wildman–Crippen LogP) is 1.22. The van der Waals surface area contributed by atoms with Crippen LogP contribution in [0.1, 0.15) is 27.2 Å². The zero-order valence-electron chi connectivity index (χ0n) is 9.44. The molecule has 0 aromatic carbocycles. The summed E-state index contributed by atoms with van der Waals surface area (Å²) in [5.74, 6) is -0.870. The highest BCUT2D eigenvalue weighted by Gasteiger charge is 2.40. The lowest BCUT2D eigenvalue weighted by molar-refractivity contribution is -0.195. The van der Waals surface area contributed by atoms with Crippen LogP contribution in [0.3, 0.4) is 0 Å². The molecule has 16 heavy (non-hydrogen) atoms. The molecule has 0 radical (unpaired) electrons. The van der Waals surface area contributed by atoms with Crippen LogP contribution in [0.15, 0.2) is 0 Å². The maximum Gasteiger partial charge on any atom is 0.303 e. The Bertz CT molecular complexity index is 280. The third-order valence-electron chi connectivity index (χ3n) is 2.23. The van der Waals surface area contributed by atoms with E-state index in [2.05, 4.69) is 0 Å². The van der Waals surface area contributed by atoms with Gasteiger partial charge in [-0.1, -0.05) is 11.6 Å². The molecule has 0 unspecified atom stereocenters. The van der Waals surface area contributed by atoms with E-state index in [-0.39, 0.29) is 0 Å². The highest BCUT2D eigenvalue weighted by Crippen LogP contribution is 2.27. The summed E-state index contributed by atoms with van der Waals surface area (Å²) in [6, 6.07) is 0. The highest BCUT2D eigenvalue weighted by molar-refractivity contribution is 6.19. The number of ether oxygens (including phenoxy) is 3. The van der Waals surface area contributed by atoms with Crippen LogP contribution < -0.4 is 0 Å². The average Bonchev–Trinajstić information content (AvgIpc) is 2.09. The standard InChI is InChI=1S/C10H15ClO5/c1-5-10(16-7(3)13)8(15-6(2)12)4-9(11)14-5/h5,8-10H,4H2,1-3H3/t5-,8-,9+,10+/m1/s1. The number of carbonyl (C=O) groups excluding carboxylic acids is 2. The molecular weight excluding hydrogens is 236 g/mol. The summed E-state index contributed by atoms with van der Waals surface area (Å²) in [5.41, 5.74) is -0.536. The summed E-state index contributed by atoms with van der Waals surface area (Å²) in [6.07, 6.45) is -1.24. The minimum Gasteiger partial charge on any atom is -0.458 e. The number of esters is 2. The van der Waals surface area contributed by atoms with Crippen LogP contribution in [-0.4, -0.2) is 35.8 Å². The fraction of sp³-hybridized carbons (Fsp3) is 0.800. The van der Waals surface area contributed by atoms with Gasteiger partial charge in [0.2, 0.25) is 0 Å². The number of carbonyl (C=O) groups is 2. The first-order chi connectivity index (χ1) is 7.40. The lowest BCUT2D eigenvalue weighted by Gasteiger charge is -2.37. The van der Waals surface area contributed by atoms with Crippen molar-refractivity contribution in [3.05, 3.63) is 0 Å². The second kappa shape index (κ2) is 5.50. The summed E-state index contributed by atoms with van der Waals surface area (Å²) in [5, 5.41) is 0. The molecule has 1 heterocycles. The van der Waals surface area contributed by atoms with Crippen molar-refractivity contribution in [2.24, 2.45) is 0 Å². The van der Waals surface area contributed by atoms with Gasteiger partial charge in [0, 0.05) is 20.3 Å². The first-order valence-corrected chi connectivity index (χ1v) is 5.47. The van der Waals surface area contributed by atoms with E-state index in [1.807, 2.05) is 0 Å². The summed E-state index contributed by atoms with van der Waals surface area (Å²) in [4.78, 5) is 21.8. The quantitative estimate of drug-likeness (QED) is 0.545. The predicted molar refractivity (Wildman–Crippen MR) is 55.9 cm³/mol. The van der Waals surface area contributed by atoms with E-state index in [1.165, 1.54) is 13.8 Å². The molecule has 1 aliphatic rings. The minimum absolute atomic E-state index is 0.309. The van der Waals surface area contributed by atoms with Crippen molar-refractivity contribution < 1.29 is 23.8 Å². The molecule has 1 aliphatic heterocycles. The van der Waals surface area contributed by atoms with E-state index in [4.69, 9.17) is 25.8 Å². The lowest BCUT2D eigenvalue weighted by Crippen LogP contribution is -2.49. The zero-order valence-corrected chi connectivity index (χ0v) is 10.2. The van der Waals surface area contributed by atoms with E-state index >= 15 is 0 Å². The Hall–Kier alpha value is -0.810. The van der Waals surface area contributed by atoms with E-state index in [0.29, 0.717) is 6.42 Å². The van der Waals surface area contributed by atoms with Crippen LogP contribution in [0.5, 0.6) is 0 Å². The lowest BCUT2D eigenvalue weighted by atomic mass is 10.0. The van der Waals surface area contributed by atoms with Crippen molar-refractivity contribution in [3.8, 4) is 0 Å². The van der Waals surface area contributed by atoms with E-state index in [1.54, 1.807) is 6.92 Å². The third-order valence-corrected chi connectivity index (χ3v) is 2.51. The molecular formula is C10H15ClO5. The van der Waals surface area contributed by atoms with Crippen molar-refractivity contribution in [1.29, 1.82) is 0 Å². The van der Waals surface area contributed by atoms with Gasteiger partial charge in [-0.2, -0.15) is 0 Å². The molecule has 1 rings (SSSR count). The number of hydrogen-bond acceptors (Lipinski definition) is 5. The van der Waals surface area contributed by atoms with Crippen LogP contribution >= 0.6 is 11.6 Å². The van der Waals surface area contributed by atoms with Gasteiger partial charge >= 0.3 is 11.9 Å². The van der Waals surface area contributed by atoms with Gasteiger partial charge in [-0.15, -0.1) is 0 Å². The van der Waals surface area contributed by atoms with Gasteiger partial charge in [0.05, 0.1) is 6.10 Å². The summed E-state index contributed by atoms with van der Waals surface area (Å²) < 4.78 is 15.4. The molecule has 0 aromatic rings. The van der Waals surface area contributed by atoms with Gasteiger partial charge in [-0.05, 0) is 6.92 Å². The molecule has 0 N–H and O–H groups in total. The molecule has 0 spiro atoms. The van der Waals surface area contributed by atoms with Gasteiger partial charge in [-0.25, -0.2) is 0 Å². The Kier molecular flexibility index (Phi) is 4.56. The largest absolute Gasteiger partial charge is 0.458 e. The summed E-state index contributed by atoms with van der Waals surface area (Å²) in [7, 11) is 0. The molecule has 0 saturated carbocycles. The summed E-state index contributed by atoms with van der Waals surface area (Å²) >= 11 is 5.84. The molecule has 0 bridgehead atoms. The minimum atomic E-state index is -0.601. The van der Waals surface area contributed by atoms with Crippen molar-refractivity contribution >= 4 is 23.5 Å².